The number of amides is 1. The van der Waals surface area contributed by atoms with Crippen molar-refractivity contribution in [3.63, 3.8) is 0 Å². The third-order valence-electron chi connectivity index (χ3n) is 6.54. The number of carbonyl (C=O) groups is 1. The number of nitrogens with zero attached hydrogens (tertiary/aromatic N) is 1. The monoisotopic (exact) mass is 473 g/mol. The first-order valence-corrected chi connectivity index (χ1v) is 11.3. The van der Waals surface area contributed by atoms with Crippen molar-refractivity contribution in [3.05, 3.63) is 103 Å². The van der Waals surface area contributed by atoms with E-state index < -0.39 is 6.04 Å². The van der Waals surface area contributed by atoms with Crippen molar-refractivity contribution >= 4 is 28.5 Å². The van der Waals surface area contributed by atoms with E-state index in [9.17, 15) is 9.59 Å². The van der Waals surface area contributed by atoms with Crippen LogP contribution in [0.2, 0.25) is 5.02 Å². The Labute approximate surface area is 200 Å². The van der Waals surface area contributed by atoms with Crippen molar-refractivity contribution in [2.75, 3.05) is 6.79 Å². The van der Waals surface area contributed by atoms with Crippen LogP contribution < -0.4 is 14.9 Å². The van der Waals surface area contributed by atoms with Gasteiger partial charge in [-0.1, -0.05) is 29.8 Å². The first kappa shape index (κ1) is 20.8. The van der Waals surface area contributed by atoms with Crippen LogP contribution in [0.3, 0.4) is 0 Å². The normalized spacial score (nSPS) is 16.4. The van der Waals surface area contributed by atoms with Crippen LogP contribution in [0.5, 0.6) is 11.5 Å². The molecule has 0 fully saturated rings. The zero-order valence-corrected chi connectivity index (χ0v) is 19.3. The lowest BCUT2D eigenvalue weighted by Crippen LogP contribution is -2.29. The summed E-state index contributed by atoms with van der Waals surface area (Å²) in [6.07, 6.45) is 0. The Morgan fingerprint density at radius 1 is 0.971 bits per heavy atom. The van der Waals surface area contributed by atoms with Crippen LogP contribution in [0.4, 0.5) is 0 Å². The molecule has 0 unspecified atom stereocenters. The maximum absolute atomic E-state index is 13.7. The third-order valence-corrected chi connectivity index (χ3v) is 6.77. The summed E-state index contributed by atoms with van der Waals surface area (Å²) >= 11 is 6.30. The Kier molecular flexibility index (Phi) is 4.67. The summed E-state index contributed by atoms with van der Waals surface area (Å²) in [6, 6.07) is 15.8. The molecule has 2 aliphatic heterocycles. The number of fused-ring (bicyclic) bond motifs is 3. The van der Waals surface area contributed by atoms with E-state index in [-0.39, 0.29) is 30.4 Å². The first-order chi connectivity index (χ1) is 16.4. The number of hydrogen-bond acceptors (Lipinski definition) is 5. The molecule has 34 heavy (non-hydrogen) atoms. The zero-order valence-electron chi connectivity index (χ0n) is 18.6. The van der Waals surface area contributed by atoms with Gasteiger partial charge in [-0.15, -0.1) is 0 Å². The van der Waals surface area contributed by atoms with Crippen molar-refractivity contribution in [3.8, 4) is 11.5 Å². The van der Waals surface area contributed by atoms with E-state index >= 15 is 0 Å². The molecule has 6 rings (SSSR count). The van der Waals surface area contributed by atoms with Gasteiger partial charge in [0.1, 0.15) is 5.58 Å². The van der Waals surface area contributed by atoms with E-state index in [2.05, 4.69) is 0 Å². The van der Waals surface area contributed by atoms with Gasteiger partial charge in [0.05, 0.1) is 17.0 Å². The molecule has 3 aromatic carbocycles. The second kappa shape index (κ2) is 7.64. The molecule has 0 N–H and O–H groups in total. The van der Waals surface area contributed by atoms with Crippen molar-refractivity contribution in [2.24, 2.45) is 0 Å². The molecule has 0 saturated heterocycles. The third kappa shape index (κ3) is 3.17. The van der Waals surface area contributed by atoms with E-state index in [0.29, 0.717) is 33.1 Å². The van der Waals surface area contributed by atoms with Crippen molar-refractivity contribution < 1.29 is 18.7 Å². The maximum atomic E-state index is 13.7. The molecular formula is C27H20ClNO5. The van der Waals surface area contributed by atoms with Crippen LogP contribution in [0.25, 0.3) is 11.0 Å². The molecule has 0 bridgehead atoms. The molecule has 4 aromatic rings. The van der Waals surface area contributed by atoms with Crippen LogP contribution in [-0.4, -0.2) is 17.6 Å². The summed E-state index contributed by atoms with van der Waals surface area (Å²) in [7, 11) is 0. The number of benzene rings is 3. The molecule has 0 radical (unpaired) electrons. The smallest absolute Gasteiger partial charge is 0.291 e. The van der Waals surface area contributed by atoms with Gasteiger partial charge in [-0.3, -0.25) is 9.59 Å². The molecule has 3 heterocycles. The van der Waals surface area contributed by atoms with Crippen molar-refractivity contribution in [1.29, 1.82) is 0 Å². The summed E-state index contributed by atoms with van der Waals surface area (Å²) < 4.78 is 17.0. The maximum Gasteiger partial charge on any atom is 0.291 e. The van der Waals surface area contributed by atoms with E-state index in [0.717, 1.165) is 22.3 Å². The largest absolute Gasteiger partial charge is 0.454 e. The zero-order chi connectivity index (χ0) is 23.6. The van der Waals surface area contributed by atoms with Gasteiger partial charge in [0, 0.05) is 11.6 Å². The van der Waals surface area contributed by atoms with Crippen molar-refractivity contribution in [2.45, 2.75) is 26.4 Å². The average molecular weight is 474 g/mol. The summed E-state index contributed by atoms with van der Waals surface area (Å²) in [4.78, 5) is 29.0. The Morgan fingerprint density at radius 3 is 2.59 bits per heavy atom. The van der Waals surface area contributed by atoms with Gasteiger partial charge in [0.15, 0.2) is 16.9 Å². The van der Waals surface area contributed by atoms with Gasteiger partial charge in [0.2, 0.25) is 12.6 Å². The lowest BCUT2D eigenvalue weighted by Gasteiger charge is -2.25. The second-order valence-electron chi connectivity index (χ2n) is 8.68. The van der Waals surface area contributed by atoms with Gasteiger partial charge in [-0.05, 0) is 72.5 Å². The second-order valence-corrected chi connectivity index (χ2v) is 9.12. The predicted molar refractivity (Wildman–Crippen MR) is 128 cm³/mol. The number of halogens is 1. The van der Waals surface area contributed by atoms with Crippen LogP contribution in [-0.2, 0) is 6.54 Å². The van der Waals surface area contributed by atoms with E-state index in [1.54, 1.807) is 17.0 Å². The topological polar surface area (TPSA) is 69.0 Å². The quantitative estimate of drug-likeness (QED) is 0.391. The highest BCUT2D eigenvalue weighted by Crippen LogP contribution is 2.41. The molecule has 6 nitrogen and oxygen atoms in total. The number of aryl methyl sites for hydroxylation is 2. The van der Waals surface area contributed by atoms with Gasteiger partial charge >= 0.3 is 0 Å². The van der Waals surface area contributed by atoms with Crippen LogP contribution >= 0.6 is 11.6 Å². The molecule has 7 heteroatoms. The van der Waals surface area contributed by atoms with Gasteiger partial charge in [-0.25, -0.2) is 0 Å². The lowest BCUT2D eigenvalue weighted by molar-refractivity contribution is 0.0714. The fraction of sp³-hybridized carbons (Fsp3) is 0.185. The minimum absolute atomic E-state index is 0.0754. The van der Waals surface area contributed by atoms with E-state index in [1.165, 1.54) is 0 Å². The Hall–Kier alpha value is -3.77. The molecule has 1 aromatic heterocycles. The summed E-state index contributed by atoms with van der Waals surface area (Å²) in [5, 5.41) is 0.990. The Morgan fingerprint density at radius 2 is 1.76 bits per heavy atom. The van der Waals surface area contributed by atoms with E-state index in [4.69, 9.17) is 25.5 Å². The van der Waals surface area contributed by atoms with Crippen LogP contribution in [0.1, 0.15) is 44.4 Å². The molecule has 170 valence electrons. The summed E-state index contributed by atoms with van der Waals surface area (Å²) in [5.74, 6) is 1.04. The number of carbonyl (C=O) groups excluding carboxylic acids is 1. The molecule has 0 saturated carbocycles. The van der Waals surface area contributed by atoms with Crippen molar-refractivity contribution in [1.82, 2.24) is 4.90 Å². The highest BCUT2D eigenvalue weighted by molar-refractivity contribution is 6.30. The lowest BCUT2D eigenvalue weighted by atomic mass is 9.97. The fourth-order valence-corrected chi connectivity index (χ4v) is 4.90. The van der Waals surface area contributed by atoms with Crippen LogP contribution in [0, 0.1) is 13.8 Å². The highest BCUT2D eigenvalue weighted by Gasteiger charge is 2.43. The minimum Gasteiger partial charge on any atom is -0.454 e. The standard InChI is InChI=1S/C27H20ClNO5/c1-14-8-19-21(9-15(14)2)34-26-23(25(19)30)24(17-4-3-5-18(28)11-17)29(27(26)31)12-16-6-7-20-22(10-16)33-13-32-20/h3-11,24H,12-13H2,1-2H3/t24-/m0/s1. The predicted octanol–water partition coefficient (Wildman–Crippen LogP) is 5.54. The Balaban J connectivity index is 1.54. The molecule has 2 aliphatic rings. The van der Waals surface area contributed by atoms with Gasteiger partial charge < -0.3 is 18.8 Å². The molecule has 1 amide bonds. The minimum atomic E-state index is -0.631. The SMILES string of the molecule is Cc1cc2oc3c(c(=O)c2cc1C)[C@H](c1cccc(Cl)c1)N(Cc1ccc2c(c1)OCO2)C3=O. The summed E-state index contributed by atoms with van der Waals surface area (Å²) in [6.45, 7) is 4.32. The molecule has 0 aliphatic carbocycles. The van der Waals surface area contributed by atoms with E-state index in [1.807, 2.05) is 56.3 Å². The first-order valence-electron chi connectivity index (χ1n) is 10.9. The fourth-order valence-electron chi connectivity index (χ4n) is 4.70. The molecule has 1 atom stereocenters. The molecular weight excluding hydrogens is 454 g/mol. The average Bonchev–Trinajstić information content (AvgIpc) is 3.38. The number of ether oxygens (including phenoxy) is 2. The van der Waals surface area contributed by atoms with Crippen LogP contribution in [0.15, 0.2) is 63.8 Å². The van der Waals surface area contributed by atoms with Gasteiger partial charge in [-0.2, -0.15) is 0 Å². The number of hydrogen-bond donors (Lipinski definition) is 0. The Bertz CT molecular complexity index is 1560. The molecule has 0 spiro atoms. The number of rotatable bonds is 3. The van der Waals surface area contributed by atoms with Gasteiger partial charge in [0.25, 0.3) is 5.91 Å². The highest BCUT2D eigenvalue weighted by atomic mass is 35.5. The summed E-state index contributed by atoms with van der Waals surface area (Å²) in [5.41, 5.74) is 4.12.